The second-order valence-electron chi connectivity index (χ2n) is 3.20. The van der Waals surface area contributed by atoms with Crippen LogP contribution in [0.3, 0.4) is 0 Å². The molecule has 5 nitrogen and oxygen atoms in total. The van der Waals surface area contributed by atoms with Crippen LogP contribution in [-0.2, 0) is 11.8 Å². The predicted octanol–water partition coefficient (Wildman–Crippen LogP) is 0.277. The van der Waals surface area contributed by atoms with Crippen molar-refractivity contribution in [2.24, 2.45) is 7.05 Å². The van der Waals surface area contributed by atoms with Crippen LogP contribution in [0, 0.1) is 6.92 Å². The molecule has 0 aliphatic heterocycles. The Kier molecular flexibility index (Phi) is 3.64. The first-order valence-electron chi connectivity index (χ1n) is 4.58. The van der Waals surface area contributed by atoms with Crippen LogP contribution in [-0.4, -0.2) is 29.3 Å². The number of hydrogen-bond donors (Lipinski definition) is 2. The molecule has 0 aliphatic rings. The number of hydrogen-bond acceptors (Lipinski definition) is 3. The summed E-state index contributed by atoms with van der Waals surface area (Å²) in [6.07, 6.45) is 0.473. The lowest BCUT2D eigenvalue weighted by Crippen LogP contribution is -2.19. The fraction of sp³-hybridized carbons (Fsp3) is 0.556. The molecule has 2 N–H and O–H groups in total. The monoisotopic (exact) mass is 196 g/mol. The summed E-state index contributed by atoms with van der Waals surface area (Å²) in [5.41, 5.74) is 0.899. The van der Waals surface area contributed by atoms with Gasteiger partial charge in [-0.25, -0.2) is 0 Å². The Balaban J connectivity index is 2.51. The summed E-state index contributed by atoms with van der Waals surface area (Å²) in [5, 5.41) is 9.84. The molecule has 0 spiro atoms. The zero-order valence-corrected chi connectivity index (χ0v) is 8.79. The molecule has 0 unspecified atom stereocenters. The number of nitrogens with zero attached hydrogens (tertiary/aromatic N) is 2. The standard InChI is InChI=1S/C9H16N4O/c1-7-6-8(13(3)12-7)11-9(14)4-5-10-2/h6,10H,4-5H2,1-3H3,(H,11,14). The van der Waals surface area contributed by atoms with E-state index in [0.29, 0.717) is 13.0 Å². The van der Waals surface area contributed by atoms with Crippen molar-refractivity contribution in [3.8, 4) is 0 Å². The molecule has 1 heterocycles. The quantitative estimate of drug-likeness (QED) is 0.727. The molecule has 78 valence electrons. The molecule has 1 aromatic heterocycles. The molecule has 1 amide bonds. The summed E-state index contributed by atoms with van der Waals surface area (Å²) in [5.74, 6) is 0.742. The van der Waals surface area contributed by atoms with Gasteiger partial charge in [0.1, 0.15) is 5.82 Å². The summed E-state index contributed by atoms with van der Waals surface area (Å²) >= 11 is 0. The van der Waals surface area contributed by atoms with Crippen molar-refractivity contribution in [1.29, 1.82) is 0 Å². The fourth-order valence-electron chi connectivity index (χ4n) is 1.17. The molecular formula is C9H16N4O. The number of aromatic nitrogens is 2. The third-order valence-corrected chi connectivity index (χ3v) is 1.87. The van der Waals surface area contributed by atoms with E-state index in [1.165, 1.54) is 0 Å². The van der Waals surface area contributed by atoms with Gasteiger partial charge in [-0.15, -0.1) is 0 Å². The Bertz CT molecular complexity index is 319. The third kappa shape index (κ3) is 2.85. The zero-order valence-electron chi connectivity index (χ0n) is 8.79. The molecule has 0 fully saturated rings. The van der Waals surface area contributed by atoms with E-state index in [4.69, 9.17) is 0 Å². The van der Waals surface area contributed by atoms with Crippen LogP contribution in [0.2, 0.25) is 0 Å². The minimum absolute atomic E-state index is 0.00218. The van der Waals surface area contributed by atoms with Crippen LogP contribution >= 0.6 is 0 Å². The lowest BCUT2D eigenvalue weighted by molar-refractivity contribution is -0.116. The number of carbonyl (C=O) groups is 1. The number of carbonyl (C=O) groups excluding carboxylic acids is 1. The van der Waals surface area contributed by atoms with Gasteiger partial charge in [0, 0.05) is 26.1 Å². The van der Waals surface area contributed by atoms with Crippen molar-refractivity contribution in [1.82, 2.24) is 15.1 Å². The number of nitrogens with one attached hydrogen (secondary N) is 2. The topological polar surface area (TPSA) is 59.0 Å². The van der Waals surface area contributed by atoms with Crippen molar-refractivity contribution >= 4 is 11.7 Å². The summed E-state index contributed by atoms with van der Waals surface area (Å²) < 4.78 is 1.66. The highest BCUT2D eigenvalue weighted by atomic mass is 16.1. The SMILES string of the molecule is CNCCC(=O)Nc1cc(C)nn1C. The summed E-state index contributed by atoms with van der Waals surface area (Å²) in [4.78, 5) is 11.3. The maximum absolute atomic E-state index is 11.3. The Morgan fingerprint density at radius 2 is 2.36 bits per heavy atom. The fourth-order valence-corrected chi connectivity index (χ4v) is 1.17. The molecule has 0 aromatic carbocycles. The highest BCUT2D eigenvalue weighted by Crippen LogP contribution is 2.07. The van der Waals surface area contributed by atoms with Crippen molar-refractivity contribution in [3.63, 3.8) is 0 Å². The molecule has 5 heteroatoms. The van der Waals surface area contributed by atoms with E-state index in [-0.39, 0.29) is 5.91 Å². The van der Waals surface area contributed by atoms with Gasteiger partial charge in [-0.3, -0.25) is 9.48 Å². The molecular weight excluding hydrogens is 180 g/mol. The van der Waals surface area contributed by atoms with Crippen LogP contribution in [0.15, 0.2) is 6.07 Å². The lowest BCUT2D eigenvalue weighted by Gasteiger charge is -2.04. The molecule has 0 bridgehead atoms. The average Bonchev–Trinajstić information content (AvgIpc) is 2.42. The largest absolute Gasteiger partial charge is 0.319 e. The van der Waals surface area contributed by atoms with Gasteiger partial charge < -0.3 is 10.6 Å². The van der Waals surface area contributed by atoms with Gasteiger partial charge in [0.05, 0.1) is 5.69 Å². The summed E-state index contributed by atoms with van der Waals surface area (Å²) in [7, 11) is 3.63. The first-order chi connectivity index (χ1) is 6.63. The van der Waals surface area contributed by atoms with Gasteiger partial charge in [-0.05, 0) is 14.0 Å². The zero-order chi connectivity index (χ0) is 10.6. The highest BCUT2D eigenvalue weighted by molar-refractivity contribution is 5.89. The minimum Gasteiger partial charge on any atom is -0.319 e. The Labute approximate surface area is 83.5 Å². The van der Waals surface area contributed by atoms with Crippen LogP contribution in [0.1, 0.15) is 12.1 Å². The Morgan fingerprint density at radius 1 is 1.64 bits per heavy atom. The van der Waals surface area contributed by atoms with Crippen molar-refractivity contribution in [2.75, 3.05) is 18.9 Å². The third-order valence-electron chi connectivity index (χ3n) is 1.87. The van der Waals surface area contributed by atoms with E-state index in [0.717, 1.165) is 11.5 Å². The van der Waals surface area contributed by atoms with E-state index in [1.54, 1.807) is 11.7 Å². The van der Waals surface area contributed by atoms with Gasteiger partial charge in [-0.1, -0.05) is 0 Å². The van der Waals surface area contributed by atoms with Crippen molar-refractivity contribution < 1.29 is 4.79 Å². The summed E-state index contributed by atoms with van der Waals surface area (Å²) in [6.45, 7) is 2.58. The number of amides is 1. The van der Waals surface area contributed by atoms with Crippen LogP contribution < -0.4 is 10.6 Å². The van der Waals surface area contributed by atoms with Crippen LogP contribution in [0.4, 0.5) is 5.82 Å². The molecule has 0 aliphatic carbocycles. The van der Waals surface area contributed by atoms with Gasteiger partial charge in [0.2, 0.25) is 5.91 Å². The van der Waals surface area contributed by atoms with Crippen molar-refractivity contribution in [3.05, 3.63) is 11.8 Å². The number of aryl methyl sites for hydroxylation is 2. The molecule has 1 aromatic rings. The smallest absolute Gasteiger partial charge is 0.226 e. The van der Waals surface area contributed by atoms with E-state index in [9.17, 15) is 4.79 Å². The second kappa shape index (κ2) is 4.76. The predicted molar refractivity (Wildman–Crippen MR) is 55.1 cm³/mol. The van der Waals surface area contributed by atoms with Gasteiger partial charge in [0.15, 0.2) is 0 Å². The minimum atomic E-state index is 0.00218. The molecule has 0 saturated heterocycles. The molecule has 1 rings (SSSR count). The van der Waals surface area contributed by atoms with Gasteiger partial charge >= 0.3 is 0 Å². The highest BCUT2D eigenvalue weighted by Gasteiger charge is 2.05. The van der Waals surface area contributed by atoms with E-state index >= 15 is 0 Å². The normalized spacial score (nSPS) is 10.2. The second-order valence-corrected chi connectivity index (χ2v) is 3.20. The van der Waals surface area contributed by atoms with Crippen LogP contribution in [0.5, 0.6) is 0 Å². The van der Waals surface area contributed by atoms with Gasteiger partial charge in [0.25, 0.3) is 0 Å². The molecule has 14 heavy (non-hydrogen) atoms. The van der Waals surface area contributed by atoms with Gasteiger partial charge in [-0.2, -0.15) is 5.10 Å². The molecule has 0 saturated carbocycles. The molecule has 0 atom stereocenters. The number of rotatable bonds is 4. The first-order valence-corrected chi connectivity index (χ1v) is 4.58. The first kappa shape index (κ1) is 10.7. The Hall–Kier alpha value is -1.36. The lowest BCUT2D eigenvalue weighted by atomic mass is 10.4. The van der Waals surface area contributed by atoms with E-state index < -0.39 is 0 Å². The van der Waals surface area contributed by atoms with E-state index in [1.807, 2.05) is 20.0 Å². The van der Waals surface area contributed by atoms with Crippen molar-refractivity contribution in [2.45, 2.75) is 13.3 Å². The van der Waals surface area contributed by atoms with Crippen LogP contribution in [0.25, 0.3) is 0 Å². The average molecular weight is 196 g/mol. The maximum Gasteiger partial charge on any atom is 0.226 e. The van der Waals surface area contributed by atoms with E-state index in [2.05, 4.69) is 15.7 Å². The number of anilines is 1. The molecule has 0 radical (unpaired) electrons. The Morgan fingerprint density at radius 3 is 2.86 bits per heavy atom. The summed E-state index contributed by atoms with van der Waals surface area (Å²) in [6, 6.07) is 1.84. The maximum atomic E-state index is 11.3.